The normalized spacial score (nSPS) is 30.7. The van der Waals surface area contributed by atoms with Crippen molar-refractivity contribution in [1.29, 1.82) is 0 Å². The summed E-state index contributed by atoms with van der Waals surface area (Å²) >= 11 is 0. The fourth-order valence-electron chi connectivity index (χ4n) is 3.99. The van der Waals surface area contributed by atoms with Gasteiger partial charge in [0.05, 0.1) is 5.60 Å². The van der Waals surface area contributed by atoms with Crippen molar-refractivity contribution < 1.29 is 5.11 Å². The summed E-state index contributed by atoms with van der Waals surface area (Å²) in [5.41, 5.74) is 2.14. The Balaban J connectivity index is 2.17. The SMILES string of the molecule is CCc1ccc(CC2(O)CC(C)CCC2C(C)C)cc1. The number of hydrogen-bond donors (Lipinski definition) is 1. The van der Waals surface area contributed by atoms with Crippen molar-refractivity contribution in [2.24, 2.45) is 17.8 Å². The molecule has 1 aromatic rings. The van der Waals surface area contributed by atoms with Crippen molar-refractivity contribution in [2.45, 2.75) is 65.4 Å². The van der Waals surface area contributed by atoms with Gasteiger partial charge in [0.25, 0.3) is 0 Å². The second kappa shape index (κ2) is 6.30. The molecule has 112 valence electrons. The van der Waals surface area contributed by atoms with Crippen LogP contribution in [0.4, 0.5) is 0 Å². The van der Waals surface area contributed by atoms with Gasteiger partial charge in [0, 0.05) is 6.42 Å². The molecule has 1 fully saturated rings. The molecule has 1 N–H and O–H groups in total. The second-order valence-electron chi connectivity index (χ2n) is 7.19. The van der Waals surface area contributed by atoms with Gasteiger partial charge in [-0.3, -0.25) is 0 Å². The molecule has 0 amide bonds. The van der Waals surface area contributed by atoms with Gasteiger partial charge in [-0.2, -0.15) is 0 Å². The summed E-state index contributed by atoms with van der Waals surface area (Å²) in [6.45, 7) is 8.97. The molecule has 1 saturated carbocycles. The van der Waals surface area contributed by atoms with E-state index in [4.69, 9.17) is 0 Å². The van der Waals surface area contributed by atoms with E-state index in [1.54, 1.807) is 0 Å². The maximum absolute atomic E-state index is 11.3. The molecule has 1 nitrogen and oxygen atoms in total. The van der Waals surface area contributed by atoms with E-state index >= 15 is 0 Å². The summed E-state index contributed by atoms with van der Waals surface area (Å²) in [5, 5.41) is 11.3. The summed E-state index contributed by atoms with van der Waals surface area (Å²) in [6, 6.07) is 8.81. The van der Waals surface area contributed by atoms with Gasteiger partial charge in [-0.15, -0.1) is 0 Å². The van der Waals surface area contributed by atoms with Gasteiger partial charge in [-0.1, -0.05) is 58.4 Å². The molecular formula is C19H30O. The minimum Gasteiger partial charge on any atom is -0.389 e. The smallest absolute Gasteiger partial charge is 0.0720 e. The fraction of sp³-hybridized carbons (Fsp3) is 0.684. The lowest BCUT2D eigenvalue weighted by atomic mass is 9.65. The highest BCUT2D eigenvalue weighted by molar-refractivity contribution is 5.24. The second-order valence-corrected chi connectivity index (χ2v) is 7.19. The number of hydrogen-bond acceptors (Lipinski definition) is 1. The van der Waals surface area contributed by atoms with E-state index in [1.165, 1.54) is 24.0 Å². The van der Waals surface area contributed by atoms with Gasteiger partial charge >= 0.3 is 0 Å². The Hall–Kier alpha value is -0.820. The molecule has 0 radical (unpaired) electrons. The van der Waals surface area contributed by atoms with Crippen LogP contribution in [0.25, 0.3) is 0 Å². The summed E-state index contributed by atoms with van der Waals surface area (Å²) < 4.78 is 0. The minimum absolute atomic E-state index is 0.435. The van der Waals surface area contributed by atoms with E-state index in [0.29, 0.717) is 17.8 Å². The van der Waals surface area contributed by atoms with Gasteiger partial charge in [-0.05, 0) is 48.1 Å². The number of rotatable bonds is 4. The average Bonchev–Trinajstić information content (AvgIpc) is 2.38. The van der Waals surface area contributed by atoms with Crippen LogP contribution in [0.3, 0.4) is 0 Å². The van der Waals surface area contributed by atoms with Crippen molar-refractivity contribution in [3.8, 4) is 0 Å². The van der Waals surface area contributed by atoms with Gasteiger partial charge in [0.15, 0.2) is 0 Å². The molecular weight excluding hydrogens is 244 g/mol. The van der Waals surface area contributed by atoms with E-state index in [0.717, 1.165) is 19.3 Å². The highest BCUT2D eigenvalue weighted by Gasteiger charge is 2.42. The van der Waals surface area contributed by atoms with Gasteiger partial charge in [-0.25, -0.2) is 0 Å². The third-order valence-electron chi connectivity index (χ3n) is 5.11. The Labute approximate surface area is 124 Å². The van der Waals surface area contributed by atoms with Crippen LogP contribution < -0.4 is 0 Å². The van der Waals surface area contributed by atoms with E-state index in [-0.39, 0.29) is 0 Å². The zero-order valence-electron chi connectivity index (χ0n) is 13.5. The fourth-order valence-corrected chi connectivity index (χ4v) is 3.99. The summed E-state index contributed by atoms with van der Waals surface area (Å²) in [5.74, 6) is 1.64. The minimum atomic E-state index is -0.514. The first-order valence-corrected chi connectivity index (χ1v) is 8.25. The highest BCUT2D eigenvalue weighted by Crippen LogP contribution is 2.42. The predicted molar refractivity (Wildman–Crippen MR) is 85.8 cm³/mol. The van der Waals surface area contributed by atoms with Crippen LogP contribution in [-0.2, 0) is 12.8 Å². The predicted octanol–water partition coefficient (Wildman–Crippen LogP) is 4.61. The number of benzene rings is 1. The molecule has 1 aliphatic carbocycles. The Bertz CT molecular complexity index is 420. The van der Waals surface area contributed by atoms with Crippen LogP contribution in [0.15, 0.2) is 24.3 Å². The van der Waals surface area contributed by atoms with Crippen molar-refractivity contribution in [3.63, 3.8) is 0 Å². The largest absolute Gasteiger partial charge is 0.389 e. The van der Waals surface area contributed by atoms with E-state index < -0.39 is 5.60 Å². The Morgan fingerprint density at radius 3 is 2.30 bits per heavy atom. The first kappa shape index (κ1) is 15.6. The molecule has 3 unspecified atom stereocenters. The molecule has 2 rings (SSSR count). The van der Waals surface area contributed by atoms with E-state index in [1.807, 2.05) is 0 Å². The van der Waals surface area contributed by atoms with Crippen LogP contribution >= 0.6 is 0 Å². The van der Waals surface area contributed by atoms with Crippen molar-refractivity contribution in [3.05, 3.63) is 35.4 Å². The first-order valence-electron chi connectivity index (χ1n) is 8.25. The zero-order valence-corrected chi connectivity index (χ0v) is 13.5. The number of aliphatic hydroxyl groups is 1. The van der Waals surface area contributed by atoms with Gasteiger partial charge in [0.2, 0.25) is 0 Å². The first-order chi connectivity index (χ1) is 9.44. The average molecular weight is 274 g/mol. The van der Waals surface area contributed by atoms with E-state index in [9.17, 15) is 5.11 Å². The molecule has 0 aromatic heterocycles. The highest BCUT2D eigenvalue weighted by atomic mass is 16.3. The zero-order chi connectivity index (χ0) is 14.8. The quantitative estimate of drug-likeness (QED) is 0.849. The third-order valence-corrected chi connectivity index (χ3v) is 5.11. The van der Waals surface area contributed by atoms with Crippen LogP contribution in [-0.4, -0.2) is 10.7 Å². The van der Waals surface area contributed by atoms with Crippen LogP contribution in [0.5, 0.6) is 0 Å². The molecule has 0 heterocycles. The summed E-state index contributed by atoms with van der Waals surface area (Å²) in [4.78, 5) is 0. The molecule has 20 heavy (non-hydrogen) atoms. The topological polar surface area (TPSA) is 20.2 Å². The monoisotopic (exact) mass is 274 g/mol. The lowest BCUT2D eigenvalue weighted by Gasteiger charge is -2.45. The maximum Gasteiger partial charge on any atom is 0.0720 e. The Morgan fingerprint density at radius 2 is 1.75 bits per heavy atom. The molecule has 0 bridgehead atoms. The molecule has 0 aliphatic heterocycles. The van der Waals surface area contributed by atoms with E-state index in [2.05, 4.69) is 52.0 Å². The lowest BCUT2D eigenvalue weighted by molar-refractivity contribution is -0.0795. The lowest BCUT2D eigenvalue weighted by Crippen LogP contribution is -2.47. The van der Waals surface area contributed by atoms with Crippen molar-refractivity contribution >= 4 is 0 Å². The molecule has 0 saturated heterocycles. The third kappa shape index (κ3) is 3.44. The Kier molecular flexibility index (Phi) is 4.90. The van der Waals surface area contributed by atoms with Gasteiger partial charge < -0.3 is 5.11 Å². The van der Waals surface area contributed by atoms with Crippen LogP contribution in [0, 0.1) is 17.8 Å². The standard InChI is InChI=1S/C19H30O/c1-5-16-7-9-17(10-8-16)13-19(20)12-15(4)6-11-18(19)14(2)3/h7-10,14-15,18,20H,5-6,11-13H2,1-4H3. The van der Waals surface area contributed by atoms with Crippen LogP contribution in [0.2, 0.25) is 0 Å². The summed E-state index contributed by atoms with van der Waals surface area (Å²) in [6.07, 6.45) is 5.27. The molecule has 0 spiro atoms. The molecule has 3 atom stereocenters. The van der Waals surface area contributed by atoms with Crippen molar-refractivity contribution in [1.82, 2.24) is 0 Å². The van der Waals surface area contributed by atoms with Crippen molar-refractivity contribution in [2.75, 3.05) is 0 Å². The van der Waals surface area contributed by atoms with Crippen LogP contribution in [0.1, 0.15) is 58.1 Å². The molecule has 1 aliphatic rings. The summed E-state index contributed by atoms with van der Waals surface area (Å²) in [7, 11) is 0. The maximum atomic E-state index is 11.3. The van der Waals surface area contributed by atoms with Gasteiger partial charge in [0.1, 0.15) is 0 Å². The number of aryl methyl sites for hydroxylation is 1. The molecule has 1 aromatic carbocycles. The Morgan fingerprint density at radius 1 is 1.15 bits per heavy atom. The molecule has 1 heteroatoms.